The minimum atomic E-state index is -0.200. The summed E-state index contributed by atoms with van der Waals surface area (Å²) in [5, 5.41) is 6.16. The zero-order chi connectivity index (χ0) is 17.0. The van der Waals surface area contributed by atoms with Gasteiger partial charge < -0.3 is 5.32 Å². The van der Waals surface area contributed by atoms with Gasteiger partial charge in [0.05, 0.1) is 0 Å². The molecule has 0 aliphatic rings. The number of hydrogen-bond donors (Lipinski definition) is 2. The third-order valence-corrected chi connectivity index (χ3v) is 4.57. The summed E-state index contributed by atoms with van der Waals surface area (Å²) in [6, 6.07) is 11.7. The van der Waals surface area contributed by atoms with E-state index < -0.39 is 0 Å². The fourth-order valence-electron chi connectivity index (χ4n) is 2.19. The lowest BCUT2D eigenvalue weighted by atomic mass is 10.1. The zero-order valence-corrected chi connectivity index (χ0v) is 16.3. The van der Waals surface area contributed by atoms with Crippen LogP contribution in [0, 0.1) is 17.4 Å². The predicted molar refractivity (Wildman–Crippen MR) is 108 cm³/mol. The molecule has 5 heteroatoms. The molecule has 0 radical (unpaired) electrons. The van der Waals surface area contributed by atoms with Gasteiger partial charge in [-0.15, -0.1) is 0 Å². The van der Waals surface area contributed by atoms with E-state index in [0.29, 0.717) is 10.7 Å². The van der Waals surface area contributed by atoms with Gasteiger partial charge in [-0.05, 0) is 102 Å². The first-order valence-corrected chi connectivity index (χ1v) is 8.87. The molecular formula is C18H19IN2OS. The highest BCUT2D eigenvalue weighted by Gasteiger charge is 2.10. The first kappa shape index (κ1) is 17.9. The van der Waals surface area contributed by atoms with E-state index in [1.54, 1.807) is 0 Å². The molecule has 0 aliphatic carbocycles. The summed E-state index contributed by atoms with van der Waals surface area (Å²) in [6.45, 7) is 6.10. The van der Waals surface area contributed by atoms with Crippen LogP contribution in [-0.2, 0) is 6.42 Å². The Labute approximate surface area is 156 Å². The Morgan fingerprint density at radius 1 is 1.13 bits per heavy atom. The van der Waals surface area contributed by atoms with Crippen molar-refractivity contribution >= 4 is 51.5 Å². The van der Waals surface area contributed by atoms with Gasteiger partial charge in [-0.1, -0.05) is 13.0 Å². The minimum absolute atomic E-state index is 0.200. The van der Waals surface area contributed by atoms with E-state index in [9.17, 15) is 4.79 Å². The fraction of sp³-hybridized carbons (Fsp3) is 0.222. The van der Waals surface area contributed by atoms with Gasteiger partial charge in [0, 0.05) is 14.8 Å². The highest BCUT2D eigenvalue weighted by Crippen LogP contribution is 2.19. The normalized spacial score (nSPS) is 10.3. The van der Waals surface area contributed by atoms with Crippen LogP contribution in [0.25, 0.3) is 0 Å². The van der Waals surface area contributed by atoms with Crippen LogP contribution in [0.5, 0.6) is 0 Å². The molecule has 0 spiro atoms. The predicted octanol–water partition coefficient (Wildman–Crippen LogP) is 4.60. The lowest BCUT2D eigenvalue weighted by Gasteiger charge is -2.13. The monoisotopic (exact) mass is 438 g/mol. The lowest BCUT2D eigenvalue weighted by Crippen LogP contribution is -2.34. The standard InChI is InChI=1S/C18H19IN2OS/c1-4-13-10-15(19)7-8-16(13)20-18(23)21-17(22)14-6-5-11(2)12(3)9-14/h5-10H,4H2,1-3H3,(H2,20,21,22,23). The first-order chi connectivity index (χ1) is 10.9. The molecule has 0 saturated carbocycles. The van der Waals surface area contributed by atoms with E-state index in [1.165, 1.54) is 9.13 Å². The zero-order valence-electron chi connectivity index (χ0n) is 13.4. The SMILES string of the molecule is CCc1cc(I)ccc1NC(=S)NC(=O)c1ccc(C)c(C)c1. The van der Waals surface area contributed by atoms with Crippen LogP contribution in [0.1, 0.15) is 34.0 Å². The van der Waals surface area contributed by atoms with E-state index in [4.69, 9.17) is 12.2 Å². The van der Waals surface area contributed by atoms with Gasteiger partial charge in [0.1, 0.15) is 0 Å². The molecule has 2 aromatic carbocycles. The number of anilines is 1. The first-order valence-electron chi connectivity index (χ1n) is 7.38. The van der Waals surface area contributed by atoms with Crippen molar-refractivity contribution in [3.63, 3.8) is 0 Å². The van der Waals surface area contributed by atoms with Crippen molar-refractivity contribution < 1.29 is 4.79 Å². The summed E-state index contributed by atoms with van der Waals surface area (Å²) >= 11 is 7.55. The molecular weight excluding hydrogens is 419 g/mol. The number of benzene rings is 2. The Hall–Kier alpha value is -1.47. The molecule has 3 nitrogen and oxygen atoms in total. The number of thiocarbonyl (C=S) groups is 1. The van der Waals surface area contributed by atoms with Gasteiger partial charge >= 0.3 is 0 Å². The van der Waals surface area contributed by atoms with Crippen molar-refractivity contribution in [1.82, 2.24) is 5.32 Å². The molecule has 0 atom stereocenters. The minimum Gasteiger partial charge on any atom is -0.332 e. The van der Waals surface area contributed by atoms with Crippen molar-refractivity contribution in [3.05, 3.63) is 62.2 Å². The Kier molecular flexibility index (Phi) is 6.12. The van der Waals surface area contributed by atoms with Crippen molar-refractivity contribution in [2.45, 2.75) is 27.2 Å². The van der Waals surface area contributed by atoms with Crippen LogP contribution in [0.4, 0.5) is 5.69 Å². The molecule has 120 valence electrons. The van der Waals surface area contributed by atoms with Crippen molar-refractivity contribution in [2.75, 3.05) is 5.32 Å². The Morgan fingerprint density at radius 3 is 2.52 bits per heavy atom. The highest BCUT2D eigenvalue weighted by atomic mass is 127. The fourth-order valence-corrected chi connectivity index (χ4v) is 2.95. The molecule has 2 aromatic rings. The third kappa shape index (κ3) is 4.75. The van der Waals surface area contributed by atoms with Crippen LogP contribution in [0.2, 0.25) is 0 Å². The van der Waals surface area contributed by atoms with E-state index >= 15 is 0 Å². The number of nitrogens with one attached hydrogen (secondary N) is 2. The summed E-state index contributed by atoms with van der Waals surface area (Å²) in [6.07, 6.45) is 0.896. The van der Waals surface area contributed by atoms with E-state index in [1.807, 2.05) is 44.2 Å². The number of hydrogen-bond acceptors (Lipinski definition) is 2. The molecule has 23 heavy (non-hydrogen) atoms. The molecule has 0 fully saturated rings. The number of aryl methyl sites for hydroxylation is 3. The lowest BCUT2D eigenvalue weighted by molar-refractivity contribution is 0.0977. The molecule has 0 unspecified atom stereocenters. The second-order valence-corrected chi connectivity index (χ2v) is 7.02. The average Bonchev–Trinajstić information content (AvgIpc) is 2.51. The van der Waals surface area contributed by atoms with Crippen LogP contribution in [0.15, 0.2) is 36.4 Å². The summed E-state index contributed by atoms with van der Waals surface area (Å²) in [5.41, 5.74) is 4.95. The molecule has 0 bridgehead atoms. The van der Waals surface area contributed by atoms with E-state index in [-0.39, 0.29) is 5.91 Å². The van der Waals surface area contributed by atoms with Gasteiger partial charge in [-0.2, -0.15) is 0 Å². The van der Waals surface area contributed by atoms with Crippen molar-refractivity contribution in [2.24, 2.45) is 0 Å². The number of amides is 1. The molecule has 0 heterocycles. The number of carbonyl (C=O) groups excluding carboxylic acids is 1. The molecule has 2 N–H and O–H groups in total. The van der Waals surface area contributed by atoms with Crippen molar-refractivity contribution in [3.8, 4) is 0 Å². The molecule has 0 aliphatic heterocycles. The largest absolute Gasteiger partial charge is 0.332 e. The maximum atomic E-state index is 12.3. The number of rotatable bonds is 3. The molecule has 2 rings (SSSR count). The maximum absolute atomic E-state index is 12.3. The van der Waals surface area contributed by atoms with Crippen molar-refractivity contribution in [1.29, 1.82) is 0 Å². The summed E-state index contributed by atoms with van der Waals surface area (Å²) in [7, 11) is 0. The molecule has 0 aromatic heterocycles. The average molecular weight is 438 g/mol. The summed E-state index contributed by atoms with van der Waals surface area (Å²) < 4.78 is 1.18. The maximum Gasteiger partial charge on any atom is 0.257 e. The van der Waals surface area contributed by atoms with Crippen LogP contribution < -0.4 is 10.6 Å². The van der Waals surface area contributed by atoms with Crippen LogP contribution in [-0.4, -0.2) is 11.0 Å². The van der Waals surface area contributed by atoms with Gasteiger partial charge in [0.2, 0.25) is 0 Å². The quantitative estimate of drug-likeness (QED) is 0.544. The Morgan fingerprint density at radius 2 is 1.87 bits per heavy atom. The van der Waals surface area contributed by atoms with Crippen LogP contribution >= 0.6 is 34.8 Å². The Balaban J connectivity index is 2.07. The highest BCUT2D eigenvalue weighted by molar-refractivity contribution is 14.1. The van der Waals surface area contributed by atoms with E-state index in [0.717, 1.165) is 23.2 Å². The second kappa shape index (κ2) is 7.88. The molecule has 1 amide bonds. The van der Waals surface area contributed by atoms with E-state index in [2.05, 4.69) is 46.2 Å². The topological polar surface area (TPSA) is 41.1 Å². The molecule has 0 saturated heterocycles. The van der Waals surface area contributed by atoms with Gasteiger partial charge in [0.25, 0.3) is 5.91 Å². The second-order valence-electron chi connectivity index (χ2n) is 5.36. The Bertz CT molecular complexity index is 759. The van der Waals surface area contributed by atoms with Gasteiger partial charge in [0.15, 0.2) is 5.11 Å². The number of carbonyl (C=O) groups is 1. The summed E-state index contributed by atoms with van der Waals surface area (Å²) in [5.74, 6) is -0.200. The summed E-state index contributed by atoms with van der Waals surface area (Å²) in [4.78, 5) is 12.3. The smallest absolute Gasteiger partial charge is 0.257 e. The number of halogens is 1. The van der Waals surface area contributed by atoms with Gasteiger partial charge in [-0.3, -0.25) is 10.1 Å². The van der Waals surface area contributed by atoms with Gasteiger partial charge in [-0.25, -0.2) is 0 Å². The van der Waals surface area contributed by atoms with Crippen LogP contribution in [0.3, 0.4) is 0 Å². The third-order valence-electron chi connectivity index (χ3n) is 3.69.